The fourth-order valence-corrected chi connectivity index (χ4v) is 4.14. The molecule has 0 unspecified atom stereocenters. The Bertz CT molecular complexity index is 1080. The average molecular weight is 536 g/mol. The molecule has 176 valence electrons. The minimum absolute atomic E-state index is 0.0561. The van der Waals surface area contributed by atoms with Crippen LogP contribution in [0.25, 0.3) is 11.1 Å². The smallest absolute Gasteiger partial charge is 0.280 e. The fourth-order valence-electron chi connectivity index (χ4n) is 3.52. The van der Waals surface area contributed by atoms with Gasteiger partial charge in [0.05, 0.1) is 20.1 Å². The second kappa shape index (κ2) is 14.7. The van der Waals surface area contributed by atoms with Gasteiger partial charge in [-0.05, 0) is 60.1 Å². The molecule has 0 heterocycles. The first-order chi connectivity index (χ1) is 16.3. The Morgan fingerprint density at radius 2 is 1.15 bits per heavy atom. The van der Waals surface area contributed by atoms with Gasteiger partial charge in [0.1, 0.15) is 5.78 Å². The van der Waals surface area contributed by atoms with Crippen LogP contribution in [0.2, 0.25) is 20.1 Å². The molecule has 0 N–H and O–H groups in total. The van der Waals surface area contributed by atoms with Gasteiger partial charge in [-0.25, -0.2) is 0 Å². The molecule has 0 aliphatic heterocycles. The number of Topliss-reactive ketones (excluding diaryl/α,β-unsaturated/α-hetero) is 1. The maximum Gasteiger partial charge on any atom is 0.280 e. The number of rotatable bonds is 12. The highest BCUT2D eigenvalue weighted by Gasteiger charge is 2.21. The molecule has 2 atom stereocenters. The second-order valence-corrected chi connectivity index (χ2v) is 9.17. The van der Waals surface area contributed by atoms with Gasteiger partial charge in [0, 0.05) is 25.0 Å². The zero-order valence-electron chi connectivity index (χ0n) is 18.1. The Morgan fingerprint density at radius 1 is 0.735 bits per heavy atom. The van der Waals surface area contributed by atoms with E-state index in [1.807, 2.05) is 24.3 Å². The molecule has 0 spiro atoms. The van der Waals surface area contributed by atoms with Gasteiger partial charge in [-0.3, -0.25) is 4.79 Å². The van der Waals surface area contributed by atoms with E-state index in [-0.39, 0.29) is 30.5 Å². The molecule has 2 rings (SSSR count). The normalized spacial score (nSPS) is 12.8. The summed E-state index contributed by atoms with van der Waals surface area (Å²) >= 11 is 24.5. The molecule has 5 nitrogen and oxygen atoms in total. The number of ketones is 1. The molecule has 0 fully saturated rings. The number of benzene rings is 2. The van der Waals surface area contributed by atoms with Gasteiger partial charge in [-0.1, -0.05) is 70.7 Å². The van der Waals surface area contributed by atoms with Gasteiger partial charge in [0.25, 0.3) is 12.4 Å². The van der Waals surface area contributed by atoms with Gasteiger partial charge in [-0.15, -0.1) is 0 Å². The number of halogens is 4. The lowest BCUT2D eigenvalue weighted by Crippen LogP contribution is -2.11. The van der Waals surface area contributed by atoms with Crippen LogP contribution >= 0.6 is 46.4 Å². The van der Waals surface area contributed by atoms with Gasteiger partial charge in [0.2, 0.25) is 0 Å². The van der Waals surface area contributed by atoms with E-state index in [0.717, 1.165) is 11.1 Å². The Morgan fingerprint density at radius 3 is 1.50 bits per heavy atom. The molecule has 2 aromatic rings. The molecule has 0 saturated carbocycles. The summed E-state index contributed by atoms with van der Waals surface area (Å²) in [5, 5.41) is 1.72. The van der Waals surface area contributed by atoms with Crippen molar-refractivity contribution in [3.8, 4) is 0 Å². The van der Waals surface area contributed by atoms with E-state index < -0.39 is 0 Å². The van der Waals surface area contributed by atoms with Crippen molar-refractivity contribution in [3.63, 3.8) is 0 Å². The minimum atomic E-state index is -0.142. The summed E-state index contributed by atoms with van der Waals surface area (Å²) in [5.74, 6) is -0.227. The van der Waals surface area contributed by atoms with E-state index >= 15 is 0 Å². The van der Waals surface area contributed by atoms with Crippen molar-refractivity contribution < 1.29 is 14.4 Å². The first kappa shape index (κ1) is 27.8. The third-order valence-electron chi connectivity index (χ3n) is 5.20. The predicted molar refractivity (Wildman–Crippen MR) is 140 cm³/mol. The fraction of sp³-hybridized carbons (Fsp3) is 0.240. The topological polar surface area (TPSA) is 89.9 Å². The standard InChI is InChI=1S/C25H22Cl4N4O/c26-22-9-7-19(15-24(22)28)17(5-1-3-11-32-30)13-21(34)14-18(6-2-4-12-33-31)20-8-10-23(27)25(29)16-20/h1-4,7-12,15-18H,5-6,13-14H2/t17-,18-/m0/s1. The molecule has 0 aliphatic rings. The third kappa shape index (κ3) is 9.04. The number of hydrogen-bond donors (Lipinski definition) is 0. The summed E-state index contributed by atoms with van der Waals surface area (Å²) in [6.45, 7) is 0. The van der Waals surface area contributed by atoms with E-state index in [1.165, 1.54) is 12.4 Å². The average Bonchev–Trinajstić information content (AvgIpc) is 2.81. The van der Waals surface area contributed by atoms with Crippen LogP contribution in [0.5, 0.6) is 0 Å². The molecule has 0 bridgehead atoms. The quantitative estimate of drug-likeness (QED) is 0.154. The van der Waals surface area contributed by atoms with Crippen LogP contribution in [0, 0.1) is 0 Å². The largest absolute Gasteiger partial charge is 0.362 e. The molecule has 0 amide bonds. The highest BCUT2D eigenvalue weighted by molar-refractivity contribution is 6.42. The number of carbonyl (C=O) groups excluding carboxylic acids is 1. The van der Waals surface area contributed by atoms with E-state index in [4.69, 9.17) is 57.5 Å². The van der Waals surface area contributed by atoms with Crippen LogP contribution < -0.4 is 0 Å². The van der Waals surface area contributed by atoms with Crippen molar-refractivity contribution in [2.45, 2.75) is 37.5 Å². The van der Waals surface area contributed by atoms with Crippen LogP contribution in [0.4, 0.5) is 0 Å². The third-order valence-corrected chi connectivity index (χ3v) is 6.68. The Kier molecular flexibility index (Phi) is 12.0. The maximum atomic E-state index is 13.2. The van der Waals surface area contributed by atoms with E-state index in [0.29, 0.717) is 32.9 Å². The van der Waals surface area contributed by atoms with Crippen LogP contribution in [0.15, 0.2) is 60.7 Å². The SMILES string of the molecule is [N-]=[N+]=CC=CC[C@@H](CC(=O)C[C@H](CC=CC=[N+]=[N-])c1ccc(Cl)c(Cl)c1)c1ccc(Cl)c(Cl)c1. The maximum absolute atomic E-state index is 13.2. The number of nitrogens with zero attached hydrogens (tertiary/aromatic N) is 4. The number of hydrogen-bond acceptors (Lipinski definition) is 1. The highest BCUT2D eigenvalue weighted by Crippen LogP contribution is 2.34. The monoisotopic (exact) mass is 534 g/mol. The van der Waals surface area contributed by atoms with Gasteiger partial charge in [-0.2, -0.15) is 9.58 Å². The molecule has 0 saturated heterocycles. The lowest BCUT2D eigenvalue weighted by Gasteiger charge is -2.19. The zero-order chi connectivity index (χ0) is 24.9. The molecule has 2 aromatic carbocycles. The number of allylic oxidation sites excluding steroid dienone is 4. The van der Waals surface area contributed by atoms with Crippen molar-refractivity contribution in [1.29, 1.82) is 0 Å². The summed E-state index contributed by atoms with van der Waals surface area (Å²) in [4.78, 5) is 19.1. The summed E-state index contributed by atoms with van der Waals surface area (Å²) < 4.78 is 0. The predicted octanol–water partition coefficient (Wildman–Crippen LogP) is 8.01. The molecule has 0 radical (unpaired) electrons. The van der Waals surface area contributed by atoms with Crippen molar-refractivity contribution in [1.82, 2.24) is 0 Å². The molecule has 9 heteroatoms. The molecular weight excluding hydrogens is 514 g/mol. The first-order valence-corrected chi connectivity index (χ1v) is 11.9. The Balaban J connectivity index is 2.26. The minimum Gasteiger partial charge on any atom is -0.362 e. The van der Waals surface area contributed by atoms with Crippen LogP contribution in [0.1, 0.15) is 48.6 Å². The van der Waals surface area contributed by atoms with Crippen molar-refractivity contribution >= 4 is 64.6 Å². The first-order valence-electron chi connectivity index (χ1n) is 10.4. The van der Waals surface area contributed by atoms with Crippen molar-refractivity contribution in [2.75, 3.05) is 0 Å². The lowest BCUT2D eigenvalue weighted by molar-refractivity contribution is -0.119. The van der Waals surface area contributed by atoms with E-state index in [1.54, 1.807) is 36.4 Å². The summed E-state index contributed by atoms with van der Waals surface area (Å²) in [6.07, 6.45) is 11.0. The van der Waals surface area contributed by atoms with Crippen molar-refractivity contribution in [3.05, 3.63) is 103 Å². The molecule has 0 aliphatic carbocycles. The van der Waals surface area contributed by atoms with Crippen molar-refractivity contribution in [2.24, 2.45) is 0 Å². The van der Waals surface area contributed by atoms with E-state index in [2.05, 4.69) is 9.58 Å². The van der Waals surface area contributed by atoms with E-state index in [9.17, 15) is 4.79 Å². The summed E-state index contributed by atoms with van der Waals surface area (Å²) in [5.41, 5.74) is 19.0. The Hall–Kier alpha value is -2.49. The summed E-state index contributed by atoms with van der Waals surface area (Å²) in [6, 6.07) is 10.7. The Labute approximate surface area is 218 Å². The van der Waals surface area contributed by atoms with Gasteiger partial charge >= 0.3 is 0 Å². The van der Waals surface area contributed by atoms with Gasteiger partial charge in [0.15, 0.2) is 0 Å². The second-order valence-electron chi connectivity index (χ2n) is 7.54. The van der Waals surface area contributed by atoms with Gasteiger partial charge < -0.3 is 11.1 Å². The molecule has 34 heavy (non-hydrogen) atoms. The lowest BCUT2D eigenvalue weighted by atomic mass is 9.85. The highest BCUT2D eigenvalue weighted by atomic mass is 35.5. The molecule has 0 aromatic heterocycles. The van der Waals surface area contributed by atoms with Crippen LogP contribution in [-0.4, -0.2) is 27.8 Å². The number of carbonyl (C=O) groups is 1. The summed E-state index contributed by atoms with van der Waals surface area (Å²) in [7, 11) is 0. The van der Waals surface area contributed by atoms with Crippen LogP contribution in [-0.2, 0) is 4.79 Å². The zero-order valence-corrected chi connectivity index (χ0v) is 21.1. The molecular formula is C25H22Cl4N4O. The van der Waals surface area contributed by atoms with Crippen LogP contribution in [0.3, 0.4) is 0 Å².